The van der Waals surface area contributed by atoms with E-state index in [1.807, 2.05) is 30.3 Å². The Labute approximate surface area is 228 Å². The second kappa shape index (κ2) is 29.4. The van der Waals surface area contributed by atoms with Crippen LogP contribution in [-0.2, 0) is 18.9 Å². The average molecular weight is 523 g/mol. The third kappa shape index (κ3) is 26.3. The standard InChI is InChI=1S/C32H58O5/c1-2-3-4-5-6-7-8-9-10-11-12-13-14-15-16-20-23-33-24-25-34-26-27-35-28-29-36-30-31-37-32-21-18-17-19-22-32/h17-19,21-22H,2-16,20,23-31H2,1H3. The Kier molecular flexibility index (Phi) is 26.9. The molecule has 0 aliphatic heterocycles. The van der Waals surface area contributed by atoms with E-state index in [4.69, 9.17) is 23.7 Å². The van der Waals surface area contributed by atoms with Gasteiger partial charge in [-0.05, 0) is 18.6 Å². The Hall–Kier alpha value is -1.14. The number of hydrogen-bond donors (Lipinski definition) is 0. The van der Waals surface area contributed by atoms with Gasteiger partial charge in [0.25, 0.3) is 0 Å². The summed E-state index contributed by atoms with van der Waals surface area (Å²) in [6.45, 7) is 7.88. The maximum Gasteiger partial charge on any atom is 0.119 e. The molecule has 0 bridgehead atoms. The molecule has 0 saturated carbocycles. The molecule has 5 heteroatoms. The lowest BCUT2D eigenvalue weighted by atomic mass is 10.0. The van der Waals surface area contributed by atoms with Crippen molar-refractivity contribution in [3.8, 4) is 5.75 Å². The smallest absolute Gasteiger partial charge is 0.119 e. The van der Waals surface area contributed by atoms with Crippen LogP contribution >= 0.6 is 0 Å². The van der Waals surface area contributed by atoms with Gasteiger partial charge in [-0.3, -0.25) is 0 Å². The molecule has 0 radical (unpaired) electrons. The summed E-state index contributed by atoms with van der Waals surface area (Å²) in [7, 11) is 0. The molecule has 0 aromatic heterocycles. The van der Waals surface area contributed by atoms with Crippen LogP contribution in [0.4, 0.5) is 0 Å². The Morgan fingerprint density at radius 2 is 0.730 bits per heavy atom. The molecule has 0 amide bonds. The molecule has 1 rings (SSSR count). The van der Waals surface area contributed by atoms with E-state index >= 15 is 0 Å². The van der Waals surface area contributed by atoms with E-state index < -0.39 is 0 Å². The van der Waals surface area contributed by atoms with E-state index in [1.54, 1.807) is 0 Å². The van der Waals surface area contributed by atoms with Crippen LogP contribution in [0, 0.1) is 0 Å². The molecule has 37 heavy (non-hydrogen) atoms. The molecule has 216 valence electrons. The molecule has 0 atom stereocenters. The SMILES string of the molecule is CCCCCCCCCCCCCCCCCCOCCOCCOCCOCCOc1ccccc1. The predicted molar refractivity (Wildman–Crippen MR) is 155 cm³/mol. The molecule has 0 heterocycles. The van der Waals surface area contributed by atoms with Gasteiger partial charge in [-0.2, -0.15) is 0 Å². The molecule has 0 N–H and O–H groups in total. The molecule has 0 fully saturated rings. The van der Waals surface area contributed by atoms with Crippen LogP contribution in [-0.4, -0.2) is 59.5 Å². The van der Waals surface area contributed by atoms with Crippen molar-refractivity contribution in [2.75, 3.05) is 59.5 Å². The van der Waals surface area contributed by atoms with Gasteiger partial charge in [-0.1, -0.05) is 121 Å². The molecule has 1 aromatic rings. The minimum Gasteiger partial charge on any atom is -0.491 e. The first-order valence-corrected chi connectivity index (χ1v) is 15.4. The van der Waals surface area contributed by atoms with Crippen LogP contribution in [0.25, 0.3) is 0 Å². The largest absolute Gasteiger partial charge is 0.491 e. The molecular formula is C32H58O5. The number of unbranched alkanes of at least 4 members (excludes halogenated alkanes) is 15. The summed E-state index contributed by atoms with van der Waals surface area (Å²) in [6, 6.07) is 9.77. The van der Waals surface area contributed by atoms with Crippen LogP contribution in [0.2, 0.25) is 0 Å². The quantitative estimate of drug-likeness (QED) is 0.0949. The van der Waals surface area contributed by atoms with Gasteiger partial charge in [0.2, 0.25) is 0 Å². The number of rotatable bonds is 30. The fraction of sp³-hybridized carbons (Fsp3) is 0.812. The van der Waals surface area contributed by atoms with E-state index in [0.717, 1.165) is 18.8 Å². The van der Waals surface area contributed by atoms with Gasteiger partial charge in [0, 0.05) is 6.61 Å². The lowest BCUT2D eigenvalue weighted by Crippen LogP contribution is -2.13. The Morgan fingerprint density at radius 1 is 0.378 bits per heavy atom. The van der Waals surface area contributed by atoms with Crippen LogP contribution in [0.15, 0.2) is 30.3 Å². The minimum atomic E-state index is 0.548. The van der Waals surface area contributed by atoms with Crippen molar-refractivity contribution >= 4 is 0 Å². The van der Waals surface area contributed by atoms with Crippen molar-refractivity contribution < 1.29 is 23.7 Å². The molecule has 0 saturated heterocycles. The van der Waals surface area contributed by atoms with Crippen LogP contribution < -0.4 is 4.74 Å². The molecule has 0 aliphatic carbocycles. The second-order valence-electron chi connectivity index (χ2n) is 9.91. The molecule has 0 spiro atoms. The van der Waals surface area contributed by atoms with E-state index in [1.165, 1.54) is 96.3 Å². The van der Waals surface area contributed by atoms with Gasteiger partial charge in [-0.25, -0.2) is 0 Å². The first kappa shape index (κ1) is 33.9. The number of para-hydroxylation sites is 1. The van der Waals surface area contributed by atoms with Crippen molar-refractivity contribution in [3.63, 3.8) is 0 Å². The van der Waals surface area contributed by atoms with E-state index in [2.05, 4.69) is 6.92 Å². The molecular weight excluding hydrogens is 464 g/mol. The summed E-state index contributed by atoms with van der Waals surface area (Å²) in [5.74, 6) is 0.869. The van der Waals surface area contributed by atoms with Crippen molar-refractivity contribution in [2.45, 2.75) is 110 Å². The molecule has 0 unspecified atom stereocenters. The van der Waals surface area contributed by atoms with Crippen molar-refractivity contribution in [1.29, 1.82) is 0 Å². The van der Waals surface area contributed by atoms with Gasteiger partial charge < -0.3 is 23.7 Å². The minimum absolute atomic E-state index is 0.548. The predicted octanol–water partition coefficient (Wildman–Crippen LogP) is 8.39. The van der Waals surface area contributed by atoms with Crippen molar-refractivity contribution in [1.82, 2.24) is 0 Å². The van der Waals surface area contributed by atoms with Gasteiger partial charge in [0.15, 0.2) is 0 Å². The highest BCUT2D eigenvalue weighted by atomic mass is 16.6. The zero-order chi connectivity index (χ0) is 26.3. The number of hydrogen-bond acceptors (Lipinski definition) is 5. The third-order valence-electron chi connectivity index (χ3n) is 6.50. The zero-order valence-corrected chi connectivity index (χ0v) is 24.1. The van der Waals surface area contributed by atoms with Crippen LogP contribution in [0.5, 0.6) is 5.75 Å². The molecule has 0 aliphatic rings. The summed E-state index contributed by atoms with van der Waals surface area (Å²) >= 11 is 0. The van der Waals surface area contributed by atoms with Crippen molar-refractivity contribution in [3.05, 3.63) is 30.3 Å². The topological polar surface area (TPSA) is 46.2 Å². The second-order valence-corrected chi connectivity index (χ2v) is 9.91. The van der Waals surface area contributed by atoms with E-state index in [9.17, 15) is 0 Å². The fourth-order valence-electron chi connectivity index (χ4n) is 4.25. The summed E-state index contributed by atoms with van der Waals surface area (Å²) in [5, 5.41) is 0. The van der Waals surface area contributed by atoms with Crippen molar-refractivity contribution in [2.24, 2.45) is 0 Å². The van der Waals surface area contributed by atoms with Gasteiger partial charge in [0.1, 0.15) is 12.4 Å². The monoisotopic (exact) mass is 522 g/mol. The number of ether oxygens (including phenoxy) is 5. The highest BCUT2D eigenvalue weighted by Crippen LogP contribution is 2.13. The third-order valence-corrected chi connectivity index (χ3v) is 6.50. The molecule has 1 aromatic carbocycles. The first-order valence-electron chi connectivity index (χ1n) is 15.4. The fourth-order valence-corrected chi connectivity index (χ4v) is 4.25. The maximum absolute atomic E-state index is 5.67. The lowest BCUT2D eigenvalue weighted by Gasteiger charge is -2.08. The van der Waals surface area contributed by atoms with Gasteiger partial charge in [0.05, 0.1) is 46.2 Å². The normalized spacial score (nSPS) is 11.3. The lowest BCUT2D eigenvalue weighted by molar-refractivity contribution is -0.00487. The summed E-state index contributed by atoms with van der Waals surface area (Å²) < 4.78 is 27.8. The van der Waals surface area contributed by atoms with E-state index in [-0.39, 0.29) is 0 Å². The first-order chi connectivity index (χ1) is 18.4. The highest BCUT2D eigenvalue weighted by molar-refractivity contribution is 5.20. The van der Waals surface area contributed by atoms with Gasteiger partial charge >= 0.3 is 0 Å². The summed E-state index contributed by atoms with van der Waals surface area (Å²) in [6.07, 6.45) is 22.4. The Morgan fingerprint density at radius 3 is 1.16 bits per heavy atom. The van der Waals surface area contributed by atoms with E-state index in [0.29, 0.717) is 52.9 Å². The highest BCUT2D eigenvalue weighted by Gasteiger charge is 1.97. The van der Waals surface area contributed by atoms with Crippen LogP contribution in [0.3, 0.4) is 0 Å². The average Bonchev–Trinajstić information content (AvgIpc) is 2.93. The molecule has 5 nitrogen and oxygen atoms in total. The van der Waals surface area contributed by atoms with Gasteiger partial charge in [-0.15, -0.1) is 0 Å². The Bertz CT molecular complexity index is 539. The summed E-state index contributed by atoms with van der Waals surface area (Å²) in [5.41, 5.74) is 0. The Balaban J connectivity index is 1.62. The maximum atomic E-state index is 5.67. The summed E-state index contributed by atoms with van der Waals surface area (Å²) in [4.78, 5) is 0. The van der Waals surface area contributed by atoms with Crippen LogP contribution in [0.1, 0.15) is 110 Å². The zero-order valence-electron chi connectivity index (χ0n) is 24.1. The number of benzene rings is 1.